The standard InChI is InChI=1S/C15H19N3/c1-18(11-10-13-6-3-2-4-7-13)15-9-5-8-14(12-16)17-15/h2-9H,10-12,16H2,1H3. The fourth-order valence-corrected chi connectivity index (χ4v) is 1.85. The first-order chi connectivity index (χ1) is 8.79. The maximum absolute atomic E-state index is 5.60. The average molecular weight is 241 g/mol. The van der Waals surface area contributed by atoms with E-state index in [0.717, 1.165) is 24.5 Å². The van der Waals surface area contributed by atoms with E-state index in [2.05, 4.69) is 41.2 Å². The summed E-state index contributed by atoms with van der Waals surface area (Å²) in [5, 5.41) is 0. The summed E-state index contributed by atoms with van der Waals surface area (Å²) in [5.41, 5.74) is 7.88. The molecule has 0 radical (unpaired) electrons. The summed E-state index contributed by atoms with van der Waals surface area (Å²) in [6.07, 6.45) is 1.02. The van der Waals surface area contributed by atoms with Crippen LogP contribution in [0.25, 0.3) is 0 Å². The van der Waals surface area contributed by atoms with E-state index in [1.54, 1.807) is 0 Å². The van der Waals surface area contributed by atoms with E-state index in [1.807, 2.05) is 24.3 Å². The minimum atomic E-state index is 0.486. The third-order valence-corrected chi connectivity index (χ3v) is 2.97. The molecule has 0 aliphatic carbocycles. The van der Waals surface area contributed by atoms with Gasteiger partial charge < -0.3 is 10.6 Å². The Morgan fingerprint density at radius 2 is 1.83 bits per heavy atom. The molecule has 0 saturated heterocycles. The van der Waals surface area contributed by atoms with E-state index in [0.29, 0.717) is 6.54 Å². The number of hydrogen-bond acceptors (Lipinski definition) is 3. The average Bonchev–Trinajstić information content (AvgIpc) is 2.46. The zero-order chi connectivity index (χ0) is 12.8. The monoisotopic (exact) mass is 241 g/mol. The van der Waals surface area contributed by atoms with Crippen molar-refractivity contribution in [3.05, 3.63) is 59.8 Å². The van der Waals surface area contributed by atoms with E-state index in [4.69, 9.17) is 5.73 Å². The normalized spacial score (nSPS) is 10.3. The molecule has 1 heterocycles. The minimum absolute atomic E-state index is 0.486. The van der Waals surface area contributed by atoms with Crippen LogP contribution < -0.4 is 10.6 Å². The first-order valence-corrected chi connectivity index (χ1v) is 6.20. The van der Waals surface area contributed by atoms with Crippen LogP contribution in [0.15, 0.2) is 48.5 Å². The summed E-state index contributed by atoms with van der Waals surface area (Å²) in [6.45, 7) is 1.44. The van der Waals surface area contributed by atoms with Gasteiger partial charge in [0.25, 0.3) is 0 Å². The highest BCUT2D eigenvalue weighted by molar-refractivity contribution is 5.38. The molecule has 3 nitrogen and oxygen atoms in total. The second kappa shape index (κ2) is 6.17. The van der Waals surface area contributed by atoms with E-state index >= 15 is 0 Å². The Morgan fingerprint density at radius 1 is 1.06 bits per heavy atom. The van der Waals surface area contributed by atoms with Crippen molar-refractivity contribution in [2.24, 2.45) is 5.73 Å². The largest absolute Gasteiger partial charge is 0.359 e. The fourth-order valence-electron chi connectivity index (χ4n) is 1.85. The summed E-state index contributed by atoms with van der Waals surface area (Å²) < 4.78 is 0. The van der Waals surface area contributed by atoms with Crippen LogP contribution in [0.4, 0.5) is 5.82 Å². The van der Waals surface area contributed by atoms with Gasteiger partial charge in [0.2, 0.25) is 0 Å². The summed E-state index contributed by atoms with van der Waals surface area (Å²) >= 11 is 0. The Morgan fingerprint density at radius 3 is 2.56 bits per heavy atom. The molecule has 18 heavy (non-hydrogen) atoms. The Balaban J connectivity index is 1.97. The molecule has 0 unspecified atom stereocenters. The Labute approximate surface area is 108 Å². The molecule has 1 aromatic carbocycles. The molecule has 3 heteroatoms. The Hall–Kier alpha value is -1.87. The van der Waals surface area contributed by atoms with Gasteiger partial charge in [0, 0.05) is 20.1 Å². The first-order valence-electron chi connectivity index (χ1n) is 6.20. The van der Waals surface area contributed by atoms with Gasteiger partial charge in [-0.2, -0.15) is 0 Å². The second-order valence-electron chi connectivity index (χ2n) is 4.35. The zero-order valence-electron chi connectivity index (χ0n) is 10.7. The molecule has 0 bridgehead atoms. The second-order valence-corrected chi connectivity index (χ2v) is 4.35. The number of anilines is 1. The van der Waals surface area contributed by atoms with Crippen LogP contribution in [0.3, 0.4) is 0 Å². The van der Waals surface area contributed by atoms with Gasteiger partial charge in [0.1, 0.15) is 5.82 Å². The number of nitrogens with zero attached hydrogens (tertiary/aromatic N) is 2. The number of aromatic nitrogens is 1. The van der Waals surface area contributed by atoms with Crippen LogP contribution >= 0.6 is 0 Å². The fraction of sp³-hybridized carbons (Fsp3) is 0.267. The lowest BCUT2D eigenvalue weighted by atomic mass is 10.1. The molecule has 1 aromatic heterocycles. The van der Waals surface area contributed by atoms with Gasteiger partial charge in [-0.3, -0.25) is 0 Å². The third-order valence-electron chi connectivity index (χ3n) is 2.97. The molecular weight excluding hydrogens is 222 g/mol. The molecular formula is C15H19N3. The molecule has 0 aliphatic rings. The van der Waals surface area contributed by atoms with Crippen molar-refractivity contribution < 1.29 is 0 Å². The molecule has 0 atom stereocenters. The summed E-state index contributed by atoms with van der Waals surface area (Å²) in [6, 6.07) is 16.5. The van der Waals surface area contributed by atoms with Crippen molar-refractivity contribution in [2.75, 3.05) is 18.5 Å². The smallest absolute Gasteiger partial charge is 0.128 e. The maximum Gasteiger partial charge on any atom is 0.128 e. The molecule has 2 rings (SSSR count). The SMILES string of the molecule is CN(CCc1ccccc1)c1cccc(CN)n1. The van der Waals surface area contributed by atoms with E-state index in [9.17, 15) is 0 Å². The van der Waals surface area contributed by atoms with E-state index < -0.39 is 0 Å². The van der Waals surface area contributed by atoms with Crippen LogP contribution in [0.5, 0.6) is 0 Å². The summed E-state index contributed by atoms with van der Waals surface area (Å²) in [5.74, 6) is 0.980. The molecule has 94 valence electrons. The number of likely N-dealkylation sites (N-methyl/N-ethyl adjacent to an activating group) is 1. The number of hydrogen-bond donors (Lipinski definition) is 1. The highest BCUT2D eigenvalue weighted by Crippen LogP contribution is 2.10. The molecule has 0 fully saturated rings. The Kier molecular flexibility index (Phi) is 4.31. The van der Waals surface area contributed by atoms with Gasteiger partial charge in [0.15, 0.2) is 0 Å². The van der Waals surface area contributed by atoms with Crippen LogP contribution in [0, 0.1) is 0 Å². The van der Waals surface area contributed by atoms with Gasteiger partial charge in [-0.25, -0.2) is 4.98 Å². The lowest BCUT2D eigenvalue weighted by Gasteiger charge is -2.18. The van der Waals surface area contributed by atoms with Crippen molar-refractivity contribution in [1.29, 1.82) is 0 Å². The lowest BCUT2D eigenvalue weighted by Crippen LogP contribution is -2.21. The maximum atomic E-state index is 5.60. The summed E-state index contributed by atoms with van der Waals surface area (Å²) in [7, 11) is 2.06. The Bertz CT molecular complexity index is 482. The van der Waals surface area contributed by atoms with Crippen molar-refractivity contribution >= 4 is 5.82 Å². The minimum Gasteiger partial charge on any atom is -0.359 e. The summed E-state index contributed by atoms with van der Waals surface area (Å²) in [4.78, 5) is 6.66. The van der Waals surface area contributed by atoms with Gasteiger partial charge in [-0.1, -0.05) is 36.4 Å². The first kappa shape index (κ1) is 12.6. The van der Waals surface area contributed by atoms with Crippen molar-refractivity contribution in [1.82, 2.24) is 4.98 Å². The van der Waals surface area contributed by atoms with Crippen molar-refractivity contribution in [3.63, 3.8) is 0 Å². The molecule has 0 saturated carbocycles. The number of pyridine rings is 1. The zero-order valence-corrected chi connectivity index (χ0v) is 10.7. The van der Waals surface area contributed by atoms with Gasteiger partial charge in [-0.15, -0.1) is 0 Å². The number of rotatable bonds is 5. The lowest BCUT2D eigenvalue weighted by molar-refractivity contribution is 0.849. The highest BCUT2D eigenvalue weighted by atomic mass is 15.2. The molecule has 0 spiro atoms. The van der Waals surface area contributed by atoms with Crippen LogP contribution in [-0.4, -0.2) is 18.6 Å². The van der Waals surface area contributed by atoms with Gasteiger partial charge >= 0.3 is 0 Å². The predicted molar refractivity (Wildman–Crippen MR) is 75.5 cm³/mol. The number of nitrogens with two attached hydrogens (primary N) is 1. The number of benzene rings is 1. The molecule has 2 aromatic rings. The van der Waals surface area contributed by atoms with Crippen LogP contribution in [0.2, 0.25) is 0 Å². The van der Waals surface area contributed by atoms with Crippen molar-refractivity contribution in [3.8, 4) is 0 Å². The predicted octanol–water partition coefficient (Wildman–Crippen LogP) is 2.22. The third kappa shape index (κ3) is 3.31. The van der Waals surface area contributed by atoms with Gasteiger partial charge in [0.05, 0.1) is 5.69 Å². The van der Waals surface area contributed by atoms with Crippen LogP contribution in [-0.2, 0) is 13.0 Å². The molecule has 0 aliphatic heterocycles. The van der Waals surface area contributed by atoms with E-state index in [-0.39, 0.29) is 0 Å². The van der Waals surface area contributed by atoms with Gasteiger partial charge in [-0.05, 0) is 24.1 Å². The molecule has 2 N–H and O–H groups in total. The van der Waals surface area contributed by atoms with Crippen LogP contribution in [0.1, 0.15) is 11.3 Å². The topological polar surface area (TPSA) is 42.1 Å². The van der Waals surface area contributed by atoms with E-state index in [1.165, 1.54) is 5.56 Å². The molecule has 0 amide bonds. The van der Waals surface area contributed by atoms with Crippen molar-refractivity contribution in [2.45, 2.75) is 13.0 Å². The highest BCUT2D eigenvalue weighted by Gasteiger charge is 2.03. The quantitative estimate of drug-likeness (QED) is 0.872.